The first kappa shape index (κ1) is 12.7. The van der Waals surface area contributed by atoms with Crippen molar-refractivity contribution >= 4 is 5.91 Å². The monoisotopic (exact) mass is 286 g/mol. The van der Waals surface area contributed by atoms with E-state index in [1.54, 1.807) is 18.8 Å². The van der Waals surface area contributed by atoms with Gasteiger partial charge in [-0.3, -0.25) is 4.79 Å². The molecule has 0 saturated carbocycles. The minimum atomic E-state index is 0.0125. The first-order valence-electron chi connectivity index (χ1n) is 7.46. The third kappa shape index (κ3) is 2.27. The molecule has 5 heteroatoms. The number of furan rings is 2. The van der Waals surface area contributed by atoms with Gasteiger partial charge in [-0.25, -0.2) is 0 Å². The maximum atomic E-state index is 12.7. The molecule has 5 nitrogen and oxygen atoms in total. The summed E-state index contributed by atoms with van der Waals surface area (Å²) in [5.74, 6) is 0.435. The second-order valence-corrected chi connectivity index (χ2v) is 5.78. The van der Waals surface area contributed by atoms with Gasteiger partial charge < -0.3 is 18.6 Å². The Kier molecular flexibility index (Phi) is 3.07. The van der Waals surface area contributed by atoms with E-state index < -0.39 is 0 Å². The molecule has 3 saturated heterocycles. The largest absolute Gasteiger partial charge is 0.472 e. The standard InChI is InChI=1S/C16H18N2O3/c19-16(18-7-6-17-4-1-14(18)2-5-17)15-9-13(11-21-15)12-3-8-20-10-12/h3,8-11,14H,1-2,4-7H2. The van der Waals surface area contributed by atoms with Crippen molar-refractivity contribution in [3.63, 3.8) is 0 Å². The molecule has 110 valence electrons. The van der Waals surface area contributed by atoms with Gasteiger partial charge in [0.2, 0.25) is 0 Å². The molecule has 0 aromatic carbocycles. The number of hydrogen-bond acceptors (Lipinski definition) is 4. The highest BCUT2D eigenvalue weighted by Crippen LogP contribution is 2.26. The molecular weight excluding hydrogens is 268 g/mol. The van der Waals surface area contributed by atoms with Gasteiger partial charge in [0.15, 0.2) is 5.76 Å². The number of fused-ring (bicyclic) bond motifs is 4. The summed E-state index contributed by atoms with van der Waals surface area (Å²) in [6, 6.07) is 4.03. The molecule has 5 heterocycles. The number of nitrogens with zero attached hydrogens (tertiary/aromatic N) is 2. The Hall–Kier alpha value is -2.01. The Labute approximate surface area is 123 Å². The van der Waals surface area contributed by atoms with Crippen molar-refractivity contribution in [2.45, 2.75) is 18.9 Å². The third-order valence-corrected chi connectivity index (χ3v) is 4.58. The summed E-state index contributed by atoms with van der Waals surface area (Å²) < 4.78 is 10.6. The summed E-state index contributed by atoms with van der Waals surface area (Å²) in [5, 5.41) is 0. The highest BCUT2D eigenvalue weighted by molar-refractivity contribution is 5.93. The highest BCUT2D eigenvalue weighted by Gasteiger charge is 2.33. The van der Waals surface area contributed by atoms with Crippen molar-refractivity contribution in [3.05, 3.63) is 36.7 Å². The van der Waals surface area contributed by atoms with Crippen LogP contribution in [0.2, 0.25) is 0 Å². The van der Waals surface area contributed by atoms with Crippen LogP contribution in [-0.4, -0.2) is 47.9 Å². The van der Waals surface area contributed by atoms with Crippen LogP contribution in [0.4, 0.5) is 0 Å². The van der Waals surface area contributed by atoms with Gasteiger partial charge in [-0.2, -0.15) is 0 Å². The molecule has 2 bridgehead atoms. The van der Waals surface area contributed by atoms with Crippen LogP contribution in [0.5, 0.6) is 0 Å². The molecule has 3 aliphatic heterocycles. The van der Waals surface area contributed by atoms with E-state index in [4.69, 9.17) is 8.83 Å². The van der Waals surface area contributed by atoms with Crippen LogP contribution in [0.1, 0.15) is 23.4 Å². The van der Waals surface area contributed by atoms with Gasteiger partial charge in [-0.1, -0.05) is 0 Å². The lowest BCUT2D eigenvalue weighted by atomic mass is 10.0. The molecule has 0 atom stereocenters. The number of carbonyl (C=O) groups excluding carboxylic acids is 1. The molecule has 0 radical (unpaired) electrons. The first-order valence-corrected chi connectivity index (χ1v) is 7.46. The fourth-order valence-corrected chi connectivity index (χ4v) is 3.32. The average Bonchev–Trinajstić information content (AvgIpc) is 3.12. The molecule has 2 aromatic rings. The molecule has 0 aliphatic carbocycles. The SMILES string of the molecule is O=C(c1cc(-c2ccoc2)co1)N1CCN2CCC1CC2. The van der Waals surface area contributed by atoms with Gasteiger partial charge in [0, 0.05) is 43.3 Å². The molecule has 21 heavy (non-hydrogen) atoms. The molecule has 0 spiro atoms. The van der Waals surface area contributed by atoms with Crippen molar-refractivity contribution < 1.29 is 13.6 Å². The van der Waals surface area contributed by atoms with Gasteiger partial charge in [-0.15, -0.1) is 0 Å². The van der Waals surface area contributed by atoms with Crippen LogP contribution in [0.15, 0.2) is 39.8 Å². The summed E-state index contributed by atoms with van der Waals surface area (Å²) in [4.78, 5) is 17.1. The second-order valence-electron chi connectivity index (χ2n) is 5.78. The minimum Gasteiger partial charge on any atom is -0.472 e. The van der Waals surface area contributed by atoms with E-state index in [1.807, 2.05) is 17.0 Å². The molecule has 0 unspecified atom stereocenters. The number of hydrogen-bond donors (Lipinski definition) is 0. The van der Waals surface area contributed by atoms with E-state index in [9.17, 15) is 4.79 Å². The normalized spacial score (nSPS) is 25.0. The molecule has 5 rings (SSSR count). The van der Waals surface area contributed by atoms with E-state index >= 15 is 0 Å². The van der Waals surface area contributed by atoms with E-state index in [2.05, 4.69) is 4.90 Å². The number of carbonyl (C=O) groups is 1. The summed E-state index contributed by atoms with van der Waals surface area (Å²) in [5.41, 5.74) is 1.82. The maximum Gasteiger partial charge on any atom is 0.289 e. The Morgan fingerprint density at radius 2 is 1.95 bits per heavy atom. The number of piperidine rings is 1. The van der Waals surface area contributed by atoms with Crippen molar-refractivity contribution in [1.82, 2.24) is 9.80 Å². The molecule has 0 N–H and O–H groups in total. The Balaban J connectivity index is 1.57. The van der Waals surface area contributed by atoms with Crippen LogP contribution >= 0.6 is 0 Å². The van der Waals surface area contributed by atoms with Crippen LogP contribution in [0, 0.1) is 0 Å². The second kappa shape index (κ2) is 5.07. The van der Waals surface area contributed by atoms with Crippen molar-refractivity contribution in [2.24, 2.45) is 0 Å². The van der Waals surface area contributed by atoms with E-state index in [1.165, 1.54) is 0 Å². The Morgan fingerprint density at radius 3 is 2.71 bits per heavy atom. The summed E-state index contributed by atoms with van der Waals surface area (Å²) >= 11 is 0. The van der Waals surface area contributed by atoms with Gasteiger partial charge in [0.1, 0.15) is 0 Å². The summed E-state index contributed by atoms with van der Waals surface area (Å²) in [6.07, 6.45) is 7.03. The minimum absolute atomic E-state index is 0.0125. The average molecular weight is 286 g/mol. The number of amides is 1. The van der Waals surface area contributed by atoms with Crippen LogP contribution < -0.4 is 0 Å². The van der Waals surface area contributed by atoms with Crippen molar-refractivity contribution in [3.8, 4) is 11.1 Å². The molecule has 3 aliphatic rings. The van der Waals surface area contributed by atoms with Gasteiger partial charge in [0.25, 0.3) is 5.91 Å². The highest BCUT2D eigenvalue weighted by atomic mass is 16.3. The van der Waals surface area contributed by atoms with Gasteiger partial charge in [0.05, 0.1) is 18.8 Å². The zero-order valence-electron chi connectivity index (χ0n) is 11.8. The molecular formula is C16H18N2O3. The smallest absolute Gasteiger partial charge is 0.289 e. The van der Waals surface area contributed by atoms with Gasteiger partial charge >= 0.3 is 0 Å². The van der Waals surface area contributed by atoms with Crippen LogP contribution in [0.25, 0.3) is 11.1 Å². The predicted octanol–water partition coefficient (Wildman–Crippen LogP) is 2.46. The topological polar surface area (TPSA) is 49.8 Å². The zero-order valence-corrected chi connectivity index (χ0v) is 11.8. The van der Waals surface area contributed by atoms with Gasteiger partial charge in [-0.05, 0) is 25.0 Å². The lowest BCUT2D eigenvalue weighted by molar-refractivity contribution is 0.0652. The predicted molar refractivity (Wildman–Crippen MR) is 76.9 cm³/mol. The summed E-state index contributed by atoms with van der Waals surface area (Å²) in [7, 11) is 0. The summed E-state index contributed by atoms with van der Waals surface area (Å²) in [6.45, 7) is 3.97. The van der Waals surface area contributed by atoms with Crippen LogP contribution in [-0.2, 0) is 0 Å². The number of rotatable bonds is 2. The van der Waals surface area contributed by atoms with E-state index in [0.717, 1.165) is 50.1 Å². The zero-order chi connectivity index (χ0) is 14.2. The third-order valence-electron chi connectivity index (χ3n) is 4.58. The van der Waals surface area contributed by atoms with Crippen LogP contribution in [0.3, 0.4) is 0 Å². The Morgan fingerprint density at radius 1 is 1.10 bits per heavy atom. The maximum absolute atomic E-state index is 12.7. The van der Waals surface area contributed by atoms with Crippen molar-refractivity contribution in [1.29, 1.82) is 0 Å². The first-order chi connectivity index (χ1) is 10.3. The molecule has 2 aromatic heterocycles. The fourth-order valence-electron chi connectivity index (χ4n) is 3.32. The van der Waals surface area contributed by atoms with Crippen molar-refractivity contribution in [2.75, 3.05) is 26.2 Å². The Bertz CT molecular complexity index is 624. The lowest BCUT2D eigenvalue weighted by Gasteiger charge is -2.30. The van der Waals surface area contributed by atoms with E-state index in [0.29, 0.717) is 11.8 Å². The molecule has 3 fully saturated rings. The fraction of sp³-hybridized carbons (Fsp3) is 0.438. The quantitative estimate of drug-likeness (QED) is 0.851. The van der Waals surface area contributed by atoms with E-state index in [-0.39, 0.29) is 5.91 Å². The lowest BCUT2D eigenvalue weighted by Crippen LogP contribution is -2.41. The molecule has 1 amide bonds.